The molecule has 2 nitrogen and oxygen atoms in total. The highest BCUT2D eigenvalue weighted by molar-refractivity contribution is 9.10. The fourth-order valence-corrected chi connectivity index (χ4v) is 3.09. The number of hydrogen-bond acceptors (Lipinski definition) is 2. The molecule has 0 saturated heterocycles. The van der Waals surface area contributed by atoms with E-state index in [0.29, 0.717) is 18.6 Å². The third-order valence-corrected chi connectivity index (χ3v) is 4.52. The van der Waals surface area contributed by atoms with Crippen LogP contribution in [0.4, 0.5) is 5.69 Å². The predicted molar refractivity (Wildman–Crippen MR) is 91.1 cm³/mol. The molecule has 3 heteroatoms. The summed E-state index contributed by atoms with van der Waals surface area (Å²) in [4.78, 5) is 0. The van der Waals surface area contributed by atoms with E-state index < -0.39 is 0 Å². The van der Waals surface area contributed by atoms with Gasteiger partial charge in [0.25, 0.3) is 0 Å². The molecule has 0 radical (unpaired) electrons. The lowest BCUT2D eigenvalue weighted by atomic mass is 9.76. The van der Waals surface area contributed by atoms with Crippen LogP contribution < -0.4 is 10.1 Å². The van der Waals surface area contributed by atoms with E-state index in [1.807, 2.05) is 19.1 Å². The molecular weight excluding hydrogens is 326 g/mol. The number of anilines is 1. The zero-order valence-electron chi connectivity index (χ0n) is 12.2. The van der Waals surface area contributed by atoms with Gasteiger partial charge in [-0.25, -0.2) is 0 Å². The molecule has 21 heavy (non-hydrogen) atoms. The van der Waals surface area contributed by atoms with Crippen LogP contribution in [-0.2, 0) is 0 Å². The minimum Gasteiger partial charge on any atom is -0.494 e. The molecule has 2 aromatic rings. The Balaban J connectivity index is 1.55. The zero-order valence-corrected chi connectivity index (χ0v) is 13.8. The fraction of sp³-hybridized carbons (Fsp3) is 0.333. The minimum absolute atomic E-state index is 0.565. The van der Waals surface area contributed by atoms with Crippen LogP contribution in [0, 0.1) is 0 Å². The van der Waals surface area contributed by atoms with E-state index in [1.54, 1.807) is 0 Å². The minimum atomic E-state index is 0.565. The molecule has 1 fully saturated rings. The molecule has 0 amide bonds. The van der Waals surface area contributed by atoms with Crippen molar-refractivity contribution in [2.75, 3.05) is 11.9 Å². The fourth-order valence-electron chi connectivity index (χ4n) is 2.82. The van der Waals surface area contributed by atoms with Crippen LogP contribution in [0.1, 0.15) is 31.2 Å². The summed E-state index contributed by atoms with van der Waals surface area (Å²) in [5.41, 5.74) is 2.60. The van der Waals surface area contributed by atoms with E-state index in [2.05, 4.69) is 57.6 Å². The number of benzene rings is 2. The first kappa shape index (κ1) is 14.5. The third-order valence-electron chi connectivity index (χ3n) is 4.00. The van der Waals surface area contributed by atoms with Gasteiger partial charge in [-0.3, -0.25) is 0 Å². The molecule has 3 rings (SSSR count). The highest BCUT2D eigenvalue weighted by atomic mass is 79.9. The molecule has 0 spiro atoms. The lowest BCUT2D eigenvalue weighted by Crippen LogP contribution is -2.33. The Hall–Kier alpha value is -1.48. The van der Waals surface area contributed by atoms with Crippen LogP contribution in [0.5, 0.6) is 5.75 Å². The molecule has 0 aliphatic heterocycles. The summed E-state index contributed by atoms with van der Waals surface area (Å²) in [6.07, 6.45) is 2.39. The molecule has 1 saturated carbocycles. The Kier molecular flexibility index (Phi) is 4.49. The quantitative estimate of drug-likeness (QED) is 0.803. The van der Waals surface area contributed by atoms with Gasteiger partial charge in [0.1, 0.15) is 5.75 Å². The third kappa shape index (κ3) is 3.59. The maximum Gasteiger partial charge on any atom is 0.121 e. The largest absolute Gasteiger partial charge is 0.494 e. The molecule has 1 N–H and O–H groups in total. The summed E-state index contributed by atoms with van der Waals surface area (Å²) in [6.45, 7) is 2.72. The Labute approximate surface area is 134 Å². The molecule has 2 aromatic carbocycles. The van der Waals surface area contributed by atoms with E-state index in [0.717, 1.165) is 15.9 Å². The van der Waals surface area contributed by atoms with Crippen molar-refractivity contribution in [3.8, 4) is 5.75 Å². The molecule has 0 atom stereocenters. The maximum absolute atomic E-state index is 5.54. The molecule has 1 aliphatic carbocycles. The van der Waals surface area contributed by atoms with Crippen LogP contribution >= 0.6 is 15.9 Å². The van der Waals surface area contributed by atoms with E-state index in [1.165, 1.54) is 18.4 Å². The van der Waals surface area contributed by atoms with E-state index in [4.69, 9.17) is 4.74 Å². The number of rotatable bonds is 5. The standard InChI is InChI=1S/C18H20BrNO/c1-2-21-18-5-3-4-16(12-18)20-17-10-14(11-17)13-6-8-15(19)9-7-13/h3-9,12,14,17,20H,2,10-11H2,1H3. The van der Waals surface area contributed by atoms with Gasteiger partial charge >= 0.3 is 0 Å². The topological polar surface area (TPSA) is 21.3 Å². The first-order valence-corrected chi connectivity index (χ1v) is 8.28. The van der Waals surface area contributed by atoms with Gasteiger partial charge in [-0.15, -0.1) is 0 Å². The Morgan fingerprint density at radius 2 is 1.90 bits per heavy atom. The van der Waals surface area contributed by atoms with Crippen molar-refractivity contribution in [1.82, 2.24) is 0 Å². The van der Waals surface area contributed by atoms with Crippen molar-refractivity contribution >= 4 is 21.6 Å². The van der Waals surface area contributed by atoms with Crippen LogP contribution in [0.15, 0.2) is 53.0 Å². The zero-order chi connectivity index (χ0) is 14.7. The number of halogens is 1. The average Bonchev–Trinajstić information content (AvgIpc) is 2.45. The summed E-state index contributed by atoms with van der Waals surface area (Å²) in [6, 6.07) is 17.5. The van der Waals surface area contributed by atoms with Gasteiger partial charge in [0.15, 0.2) is 0 Å². The Bertz CT molecular complexity index is 590. The Morgan fingerprint density at radius 1 is 1.14 bits per heavy atom. The van der Waals surface area contributed by atoms with Crippen molar-refractivity contribution in [2.24, 2.45) is 0 Å². The number of nitrogens with one attached hydrogen (secondary N) is 1. The average molecular weight is 346 g/mol. The Morgan fingerprint density at radius 3 is 2.62 bits per heavy atom. The second-order valence-corrected chi connectivity index (χ2v) is 6.44. The summed E-state index contributed by atoms with van der Waals surface area (Å²) in [5, 5.41) is 3.60. The van der Waals surface area contributed by atoms with Crippen molar-refractivity contribution in [3.63, 3.8) is 0 Å². The van der Waals surface area contributed by atoms with E-state index in [9.17, 15) is 0 Å². The monoisotopic (exact) mass is 345 g/mol. The van der Waals surface area contributed by atoms with Crippen LogP contribution in [-0.4, -0.2) is 12.6 Å². The van der Waals surface area contributed by atoms with Crippen LogP contribution in [0.25, 0.3) is 0 Å². The first-order valence-electron chi connectivity index (χ1n) is 7.49. The van der Waals surface area contributed by atoms with Gasteiger partial charge in [0.05, 0.1) is 6.61 Å². The lowest BCUT2D eigenvalue weighted by molar-refractivity contribution is 0.340. The molecule has 0 unspecified atom stereocenters. The van der Waals surface area contributed by atoms with Gasteiger partial charge in [-0.1, -0.05) is 34.1 Å². The molecule has 0 aromatic heterocycles. The normalized spacial score (nSPS) is 20.7. The van der Waals surface area contributed by atoms with Crippen molar-refractivity contribution in [3.05, 3.63) is 58.6 Å². The van der Waals surface area contributed by atoms with Crippen molar-refractivity contribution in [2.45, 2.75) is 31.7 Å². The highest BCUT2D eigenvalue weighted by Crippen LogP contribution is 2.39. The van der Waals surface area contributed by atoms with Gasteiger partial charge in [-0.2, -0.15) is 0 Å². The lowest BCUT2D eigenvalue weighted by Gasteiger charge is -2.37. The molecular formula is C18H20BrNO. The first-order chi connectivity index (χ1) is 10.2. The summed E-state index contributed by atoms with van der Waals surface area (Å²) < 4.78 is 6.68. The van der Waals surface area contributed by atoms with Crippen LogP contribution in [0.3, 0.4) is 0 Å². The van der Waals surface area contributed by atoms with E-state index in [-0.39, 0.29) is 0 Å². The maximum atomic E-state index is 5.54. The SMILES string of the molecule is CCOc1cccc(NC2CC(c3ccc(Br)cc3)C2)c1. The summed E-state index contributed by atoms with van der Waals surface area (Å²) in [5.74, 6) is 1.62. The summed E-state index contributed by atoms with van der Waals surface area (Å²) in [7, 11) is 0. The summed E-state index contributed by atoms with van der Waals surface area (Å²) >= 11 is 3.49. The predicted octanol–water partition coefficient (Wildman–Crippen LogP) is 5.21. The van der Waals surface area contributed by atoms with Gasteiger partial charge in [-0.05, 0) is 55.5 Å². The highest BCUT2D eigenvalue weighted by Gasteiger charge is 2.30. The molecule has 0 heterocycles. The molecule has 110 valence electrons. The van der Waals surface area contributed by atoms with E-state index >= 15 is 0 Å². The van der Waals surface area contributed by atoms with Crippen LogP contribution in [0.2, 0.25) is 0 Å². The molecule has 1 aliphatic rings. The van der Waals surface area contributed by atoms with Crippen molar-refractivity contribution < 1.29 is 4.74 Å². The van der Waals surface area contributed by atoms with Gasteiger partial charge in [0.2, 0.25) is 0 Å². The molecule has 0 bridgehead atoms. The van der Waals surface area contributed by atoms with Crippen molar-refractivity contribution in [1.29, 1.82) is 0 Å². The number of hydrogen-bond donors (Lipinski definition) is 1. The second-order valence-electron chi connectivity index (χ2n) is 5.52. The van der Waals surface area contributed by atoms with Gasteiger partial charge in [0, 0.05) is 22.3 Å². The second kappa shape index (κ2) is 6.52. The number of ether oxygens (including phenoxy) is 1. The van der Waals surface area contributed by atoms with Gasteiger partial charge < -0.3 is 10.1 Å². The smallest absolute Gasteiger partial charge is 0.121 e.